The van der Waals surface area contributed by atoms with Crippen molar-refractivity contribution in [1.82, 2.24) is 9.97 Å². The highest BCUT2D eigenvalue weighted by atomic mass is 35.5. The summed E-state index contributed by atoms with van der Waals surface area (Å²) in [6.07, 6.45) is 0. The molecule has 0 amide bonds. The number of para-hydroxylation sites is 1. The highest BCUT2D eigenvalue weighted by molar-refractivity contribution is 8.00. The van der Waals surface area contributed by atoms with Gasteiger partial charge in [-0.1, -0.05) is 41.4 Å². The molecule has 0 radical (unpaired) electrons. The summed E-state index contributed by atoms with van der Waals surface area (Å²) in [5, 5.41) is 9.80. The van der Waals surface area contributed by atoms with Gasteiger partial charge >= 0.3 is 0 Å². The molecule has 0 saturated carbocycles. The summed E-state index contributed by atoms with van der Waals surface area (Å²) in [7, 11) is 0. The van der Waals surface area contributed by atoms with Crippen molar-refractivity contribution < 1.29 is 15.4 Å². The van der Waals surface area contributed by atoms with Gasteiger partial charge in [0.2, 0.25) is 11.8 Å². The smallest absolute Gasteiger partial charge is 0.237 e. The molecule has 0 atom stereocenters. The quantitative estimate of drug-likeness (QED) is 0.239. The maximum absolute atomic E-state index is 9.08. The molecule has 6 nitrogen and oxygen atoms in total. The summed E-state index contributed by atoms with van der Waals surface area (Å²) in [4.78, 5) is 9.31. The van der Waals surface area contributed by atoms with Crippen LogP contribution in [0, 0.1) is 6.92 Å². The van der Waals surface area contributed by atoms with Gasteiger partial charge in [-0.05, 0) is 36.6 Å². The Morgan fingerprint density at radius 3 is 2.69 bits per heavy atom. The Kier molecular flexibility index (Phi) is 6.18. The number of aromatic nitrogens is 2. The van der Waals surface area contributed by atoms with Crippen LogP contribution in [0.15, 0.2) is 53.4 Å². The van der Waals surface area contributed by atoms with Crippen molar-refractivity contribution >= 4 is 46.8 Å². The number of quaternary nitrogens is 1. The molecule has 0 fully saturated rings. The number of aryl methyl sites for hydroxylation is 1. The molecular weight excluding hydrogens is 395 g/mol. The second-order valence-corrected chi connectivity index (χ2v) is 6.92. The van der Waals surface area contributed by atoms with Gasteiger partial charge in [-0.3, -0.25) is 4.72 Å². The van der Waals surface area contributed by atoms with Crippen LogP contribution in [-0.2, 0) is 0 Å². The van der Waals surface area contributed by atoms with E-state index in [2.05, 4.69) is 14.7 Å². The predicted octanol–water partition coefficient (Wildman–Crippen LogP) is 4.59. The standard InChI is InChI=1S/C17H14Cl2N4O2S/c1-10-4-2-7-13(18)16(10)25-15-9-14(19)20-17(21-15)23-26-12-6-3-5-11(8-12)22-24/h2-9,22,24H,1H3,(H,20,21,23)/p+1. The van der Waals surface area contributed by atoms with Crippen molar-refractivity contribution in [1.29, 1.82) is 0 Å². The molecule has 3 rings (SSSR count). The number of nitrogens with zero attached hydrogens (tertiary/aromatic N) is 2. The molecule has 1 aromatic heterocycles. The molecule has 1 heterocycles. The molecule has 4 N–H and O–H groups in total. The third-order valence-corrected chi connectivity index (χ3v) is 4.57. The zero-order chi connectivity index (χ0) is 18.5. The normalized spacial score (nSPS) is 10.6. The van der Waals surface area contributed by atoms with Gasteiger partial charge in [-0.25, -0.2) is 10.2 Å². The van der Waals surface area contributed by atoms with Crippen molar-refractivity contribution in [3.8, 4) is 11.6 Å². The number of hydrogen-bond acceptors (Lipinski definition) is 6. The van der Waals surface area contributed by atoms with Crippen molar-refractivity contribution in [3.05, 3.63) is 64.3 Å². The van der Waals surface area contributed by atoms with Gasteiger partial charge in [0.25, 0.3) is 0 Å². The number of rotatable bonds is 6. The monoisotopic (exact) mass is 409 g/mol. The molecule has 0 aliphatic rings. The lowest BCUT2D eigenvalue weighted by Crippen LogP contribution is -2.73. The van der Waals surface area contributed by atoms with Crippen LogP contribution in [0.3, 0.4) is 0 Å². The minimum absolute atomic E-state index is 0.236. The molecule has 0 unspecified atom stereocenters. The van der Waals surface area contributed by atoms with Gasteiger partial charge in [0.05, 0.1) is 5.02 Å². The van der Waals surface area contributed by atoms with E-state index in [1.54, 1.807) is 12.1 Å². The van der Waals surface area contributed by atoms with Crippen molar-refractivity contribution in [2.45, 2.75) is 11.8 Å². The van der Waals surface area contributed by atoms with Gasteiger partial charge in [0.1, 0.15) is 5.15 Å². The molecule has 134 valence electrons. The SMILES string of the molecule is Cc1cccc(Cl)c1Oc1cc(Cl)nc(NSc2cccc([NH2+]O)c2)n1. The van der Waals surface area contributed by atoms with E-state index in [1.165, 1.54) is 18.0 Å². The molecule has 0 saturated heterocycles. The Morgan fingerprint density at radius 1 is 1.12 bits per heavy atom. The topological polar surface area (TPSA) is 83.9 Å². The molecular formula is C17H15Cl2N4O2S+. The molecule has 0 spiro atoms. The number of benzene rings is 2. The summed E-state index contributed by atoms with van der Waals surface area (Å²) in [6.45, 7) is 1.89. The summed E-state index contributed by atoms with van der Waals surface area (Å²) >= 11 is 13.5. The Labute approximate surface area is 164 Å². The van der Waals surface area contributed by atoms with Gasteiger partial charge in [0, 0.05) is 23.1 Å². The highest BCUT2D eigenvalue weighted by Gasteiger charge is 2.10. The van der Waals surface area contributed by atoms with Crippen LogP contribution in [-0.4, -0.2) is 15.2 Å². The van der Waals surface area contributed by atoms with Crippen LogP contribution in [0.5, 0.6) is 11.6 Å². The summed E-state index contributed by atoms with van der Waals surface area (Å²) < 4.78 is 8.81. The number of nitrogens with two attached hydrogens (primary N) is 1. The third-order valence-electron chi connectivity index (χ3n) is 3.31. The Hall–Kier alpha value is -2.03. The van der Waals surface area contributed by atoms with Gasteiger partial charge < -0.3 is 4.74 Å². The molecule has 0 aliphatic heterocycles. The zero-order valence-corrected chi connectivity index (χ0v) is 15.9. The molecule has 0 bridgehead atoms. The fourth-order valence-electron chi connectivity index (χ4n) is 2.11. The van der Waals surface area contributed by atoms with Crippen LogP contribution in [0.4, 0.5) is 11.6 Å². The highest BCUT2D eigenvalue weighted by Crippen LogP contribution is 2.33. The third kappa shape index (κ3) is 4.78. The first-order valence-corrected chi connectivity index (χ1v) is 9.10. The lowest BCUT2D eigenvalue weighted by Gasteiger charge is -2.11. The van der Waals surface area contributed by atoms with E-state index in [9.17, 15) is 0 Å². The van der Waals surface area contributed by atoms with E-state index in [-0.39, 0.29) is 11.0 Å². The van der Waals surface area contributed by atoms with E-state index in [1.807, 2.05) is 37.3 Å². The minimum Gasteiger partial charge on any atom is -0.437 e. The number of ether oxygens (including phenoxy) is 1. The molecule has 0 aliphatic carbocycles. The van der Waals surface area contributed by atoms with E-state index in [4.69, 9.17) is 33.1 Å². The fraction of sp³-hybridized carbons (Fsp3) is 0.0588. The zero-order valence-electron chi connectivity index (χ0n) is 13.6. The van der Waals surface area contributed by atoms with Gasteiger partial charge in [0.15, 0.2) is 11.4 Å². The van der Waals surface area contributed by atoms with Crippen LogP contribution >= 0.6 is 35.1 Å². The molecule has 26 heavy (non-hydrogen) atoms. The Bertz CT molecular complexity index is 907. The number of nitrogens with one attached hydrogen (secondary N) is 1. The number of halogens is 2. The van der Waals surface area contributed by atoms with E-state index < -0.39 is 0 Å². The summed E-state index contributed by atoms with van der Waals surface area (Å²) in [5.74, 6) is 1.09. The van der Waals surface area contributed by atoms with Crippen molar-refractivity contribution in [3.63, 3.8) is 0 Å². The van der Waals surface area contributed by atoms with Gasteiger partial charge in [-0.15, -0.1) is 0 Å². The molecule has 2 aromatic carbocycles. The fourth-order valence-corrected chi connectivity index (χ4v) is 3.18. The van der Waals surface area contributed by atoms with E-state index in [0.717, 1.165) is 15.9 Å². The van der Waals surface area contributed by atoms with E-state index in [0.29, 0.717) is 22.4 Å². The number of hydrogen-bond donors (Lipinski definition) is 3. The summed E-state index contributed by atoms with van der Waals surface area (Å²) in [5.41, 5.74) is 2.62. The average Bonchev–Trinajstić information content (AvgIpc) is 2.63. The largest absolute Gasteiger partial charge is 0.437 e. The predicted molar refractivity (Wildman–Crippen MR) is 103 cm³/mol. The second-order valence-electron chi connectivity index (χ2n) is 5.25. The van der Waals surface area contributed by atoms with E-state index >= 15 is 0 Å². The van der Waals surface area contributed by atoms with Gasteiger partial charge in [-0.2, -0.15) is 10.5 Å². The minimum atomic E-state index is 0.236. The lowest BCUT2D eigenvalue weighted by molar-refractivity contribution is -0.825. The first kappa shape index (κ1) is 18.8. The lowest BCUT2D eigenvalue weighted by atomic mass is 10.2. The van der Waals surface area contributed by atoms with Crippen LogP contribution in [0.2, 0.25) is 10.2 Å². The average molecular weight is 410 g/mol. The van der Waals surface area contributed by atoms with Crippen LogP contribution in [0.25, 0.3) is 0 Å². The van der Waals surface area contributed by atoms with Crippen molar-refractivity contribution in [2.75, 3.05) is 4.72 Å². The van der Waals surface area contributed by atoms with Crippen LogP contribution < -0.4 is 14.9 Å². The Balaban J connectivity index is 1.77. The maximum Gasteiger partial charge on any atom is 0.237 e. The van der Waals surface area contributed by atoms with Crippen molar-refractivity contribution in [2.24, 2.45) is 0 Å². The van der Waals surface area contributed by atoms with Crippen LogP contribution in [0.1, 0.15) is 5.56 Å². The summed E-state index contributed by atoms with van der Waals surface area (Å²) in [6, 6.07) is 14.3. The maximum atomic E-state index is 9.08. The molecule has 3 aromatic rings. The molecule has 9 heteroatoms. The second kappa shape index (κ2) is 8.57. The number of anilines is 1. The first-order valence-electron chi connectivity index (χ1n) is 7.53. The Morgan fingerprint density at radius 2 is 1.92 bits per heavy atom. The first-order chi connectivity index (χ1) is 12.5.